The summed E-state index contributed by atoms with van der Waals surface area (Å²) in [5.41, 5.74) is -0.216. The van der Waals surface area contributed by atoms with Crippen LogP contribution in [0.4, 0.5) is 4.39 Å². The smallest absolute Gasteiger partial charge is 0.491 e. The second kappa shape index (κ2) is 4.08. The van der Waals surface area contributed by atoms with Gasteiger partial charge >= 0.3 is 7.12 Å². The first kappa shape index (κ1) is 10.5. The zero-order valence-electron chi connectivity index (χ0n) is 6.79. The van der Waals surface area contributed by atoms with E-state index in [9.17, 15) is 4.39 Å². The SMILES string of the molecule is COc1cc(Br)cc(B(O)O)c1F. The van der Waals surface area contributed by atoms with Gasteiger partial charge in [0.1, 0.15) is 0 Å². The Balaban J connectivity index is 3.27. The standard InChI is InChI=1S/C7H7BBrFO3/c1-13-6-3-4(9)2-5(7(6)10)8(11)12/h2-3,11-12H,1H3. The number of benzene rings is 1. The highest BCUT2D eigenvalue weighted by Crippen LogP contribution is 2.20. The molecular formula is C7H7BBrFO3. The van der Waals surface area contributed by atoms with Crippen molar-refractivity contribution in [3.8, 4) is 5.75 Å². The second-order valence-corrected chi connectivity index (χ2v) is 3.30. The van der Waals surface area contributed by atoms with E-state index in [-0.39, 0.29) is 11.2 Å². The average Bonchev–Trinajstić information content (AvgIpc) is 2.08. The van der Waals surface area contributed by atoms with Crippen LogP contribution in [-0.4, -0.2) is 24.3 Å². The molecule has 70 valence electrons. The molecule has 0 amide bonds. The number of halogens is 2. The Bertz CT molecular complexity index is 319. The van der Waals surface area contributed by atoms with Crippen LogP contribution in [0, 0.1) is 5.82 Å². The van der Waals surface area contributed by atoms with Gasteiger partial charge < -0.3 is 14.8 Å². The van der Waals surface area contributed by atoms with Crippen LogP contribution in [0.15, 0.2) is 16.6 Å². The molecule has 1 aromatic carbocycles. The van der Waals surface area contributed by atoms with Crippen LogP contribution in [0.1, 0.15) is 0 Å². The molecule has 3 nitrogen and oxygen atoms in total. The van der Waals surface area contributed by atoms with E-state index in [4.69, 9.17) is 10.0 Å². The summed E-state index contributed by atoms with van der Waals surface area (Å²) in [5.74, 6) is -0.793. The lowest BCUT2D eigenvalue weighted by Gasteiger charge is -2.07. The normalized spacial score (nSPS) is 9.92. The summed E-state index contributed by atoms with van der Waals surface area (Å²) in [7, 11) is -0.537. The highest BCUT2D eigenvalue weighted by atomic mass is 79.9. The van der Waals surface area contributed by atoms with Gasteiger partial charge in [-0.2, -0.15) is 0 Å². The van der Waals surface area contributed by atoms with Crippen LogP contribution in [-0.2, 0) is 0 Å². The third-order valence-electron chi connectivity index (χ3n) is 1.53. The molecule has 0 aromatic heterocycles. The summed E-state index contributed by atoms with van der Waals surface area (Å²) >= 11 is 3.09. The zero-order chi connectivity index (χ0) is 10.0. The minimum Gasteiger partial charge on any atom is -0.494 e. The van der Waals surface area contributed by atoms with Crippen LogP contribution in [0.25, 0.3) is 0 Å². The van der Waals surface area contributed by atoms with Crippen LogP contribution >= 0.6 is 15.9 Å². The molecule has 0 saturated carbocycles. The molecular weight excluding hydrogens is 242 g/mol. The van der Waals surface area contributed by atoms with Crippen molar-refractivity contribution >= 4 is 28.5 Å². The third-order valence-corrected chi connectivity index (χ3v) is 1.99. The van der Waals surface area contributed by atoms with E-state index < -0.39 is 12.9 Å². The van der Waals surface area contributed by atoms with Gasteiger partial charge in [-0.3, -0.25) is 0 Å². The van der Waals surface area contributed by atoms with Crippen molar-refractivity contribution in [2.45, 2.75) is 0 Å². The number of hydrogen-bond acceptors (Lipinski definition) is 3. The fourth-order valence-corrected chi connectivity index (χ4v) is 1.38. The fraction of sp³-hybridized carbons (Fsp3) is 0.143. The molecule has 0 fully saturated rings. The Morgan fingerprint density at radius 1 is 1.46 bits per heavy atom. The van der Waals surface area contributed by atoms with Gasteiger partial charge in [-0.25, -0.2) is 4.39 Å². The van der Waals surface area contributed by atoms with Gasteiger partial charge in [0.25, 0.3) is 0 Å². The van der Waals surface area contributed by atoms with E-state index >= 15 is 0 Å². The van der Waals surface area contributed by atoms with Gasteiger partial charge in [0, 0.05) is 9.94 Å². The lowest BCUT2D eigenvalue weighted by molar-refractivity contribution is 0.383. The van der Waals surface area contributed by atoms with Crippen LogP contribution in [0.5, 0.6) is 5.75 Å². The first-order chi connectivity index (χ1) is 6.06. The van der Waals surface area contributed by atoms with Gasteiger partial charge in [-0.15, -0.1) is 0 Å². The molecule has 0 spiro atoms. The molecule has 1 aromatic rings. The fourth-order valence-electron chi connectivity index (χ4n) is 0.921. The molecule has 0 unspecified atom stereocenters. The summed E-state index contributed by atoms with van der Waals surface area (Å²) in [6, 6.07) is 2.68. The molecule has 0 bridgehead atoms. The highest BCUT2D eigenvalue weighted by molar-refractivity contribution is 9.10. The van der Waals surface area contributed by atoms with Crippen molar-refractivity contribution in [3.05, 3.63) is 22.4 Å². The molecule has 0 aliphatic rings. The van der Waals surface area contributed by atoms with Crippen LogP contribution in [0.3, 0.4) is 0 Å². The maximum absolute atomic E-state index is 13.2. The Morgan fingerprint density at radius 3 is 2.54 bits per heavy atom. The Kier molecular flexibility index (Phi) is 3.30. The third kappa shape index (κ3) is 2.21. The lowest BCUT2D eigenvalue weighted by Crippen LogP contribution is -2.33. The summed E-state index contributed by atoms with van der Waals surface area (Å²) < 4.78 is 18.4. The quantitative estimate of drug-likeness (QED) is 0.740. The Morgan fingerprint density at radius 2 is 2.08 bits per heavy atom. The number of rotatable bonds is 2. The van der Waals surface area contributed by atoms with Crippen molar-refractivity contribution < 1.29 is 19.2 Å². The monoisotopic (exact) mass is 248 g/mol. The van der Waals surface area contributed by atoms with E-state index in [1.807, 2.05) is 0 Å². The summed E-state index contributed by atoms with van der Waals surface area (Å²) in [6.07, 6.45) is 0. The van der Waals surface area contributed by atoms with Crippen molar-refractivity contribution in [1.29, 1.82) is 0 Å². The molecule has 0 heterocycles. The van der Waals surface area contributed by atoms with Gasteiger partial charge in [0.15, 0.2) is 11.6 Å². The topological polar surface area (TPSA) is 49.7 Å². The van der Waals surface area contributed by atoms with Gasteiger partial charge in [0.2, 0.25) is 0 Å². The second-order valence-electron chi connectivity index (χ2n) is 2.38. The van der Waals surface area contributed by atoms with Gasteiger partial charge in [0.05, 0.1) is 7.11 Å². The maximum Gasteiger partial charge on any atom is 0.491 e. The molecule has 0 saturated heterocycles. The van der Waals surface area contributed by atoms with Crippen LogP contribution in [0.2, 0.25) is 0 Å². The minimum absolute atomic E-state index is 0.0301. The minimum atomic E-state index is -1.84. The van der Waals surface area contributed by atoms with E-state index in [0.717, 1.165) is 0 Å². The van der Waals surface area contributed by atoms with E-state index in [0.29, 0.717) is 4.47 Å². The first-order valence-electron chi connectivity index (χ1n) is 3.45. The molecule has 0 radical (unpaired) electrons. The zero-order valence-corrected chi connectivity index (χ0v) is 8.38. The van der Waals surface area contributed by atoms with E-state index in [2.05, 4.69) is 20.7 Å². The van der Waals surface area contributed by atoms with Gasteiger partial charge in [-0.1, -0.05) is 15.9 Å². The first-order valence-corrected chi connectivity index (χ1v) is 4.24. The molecule has 0 atom stereocenters. The highest BCUT2D eigenvalue weighted by Gasteiger charge is 2.20. The predicted molar refractivity (Wildman–Crippen MR) is 50.5 cm³/mol. The van der Waals surface area contributed by atoms with E-state index in [1.165, 1.54) is 19.2 Å². The number of ether oxygens (including phenoxy) is 1. The number of hydrogen-bond donors (Lipinski definition) is 2. The summed E-state index contributed by atoms with van der Waals surface area (Å²) in [6.45, 7) is 0. The molecule has 0 aliphatic carbocycles. The van der Waals surface area contributed by atoms with Crippen molar-refractivity contribution in [3.63, 3.8) is 0 Å². The predicted octanol–water partition coefficient (Wildman–Crippen LogP) is 0.277. The Labute approximate surface area is 83.4 Å². The molecule has 13 heavy (non-hydrogen) atoms. The Hall–Kier alpha value is -0.585. The number of methoxy groups -OCH3 is 1. The van der Waals surface area contributed by atoms with Crippen molar-refractivity contribution in [2.24, 2.45) is 0 Å². The molecule has 1 rings (SSSR count). The summed E-state index contributed by atoms with van der Waals surface area (Å²) in [5, 5.41) is 17.6. The molecule has 6 heteroatoms. The summed E-state index contributed by atoms with van der Waals surface area (Å²) in [4.78, 5) is 0. The van der Waals surface area contributed by atoms with Crippen molar-refractivity contribution in [1.82, 2.24) is 0 Å². The van der Waals surface area contributed by atoms with Crippen molar-refractivity contribution in [2.75, 3.05) is 7.11 Å². The average molecular weight is 249 g/mol. The maximum atomic E-state index is 13.2. The molecule has 2 N–H and O–H groups in total. The lowest BCUT2D eigenvalue weighted by atomic mass is 9.80. The largest absolute Gasteiger partial charge is 0.494 e. The molecule has 0 aliphatic heterocycles. The van der Waals surface area contributed by atoms with E-state index in [1.54, 1.807) is 0 Å². The van der Waals surface area contributed by atoms with Gasteiger partial charge in [-0.05, 0) is 12.1 Å². The van der Waals surface area contributed by atoms with Crippen LogP contribution < -0.4 is 10.2 Å².